The Labute approximate surface area is 179 Å². The van der Waals surface area contributed by atoms with Gasteiger partial charge in [0.2, 0.25) is 5.91 Å². The van der Waals surface area contributed by atoms with Crippen molar-refractivity contribution in [1.82, 2.24) is 20.2 Å². The fourth-order valence-corrected chi connectivity index (χ4v) is 2.44. The van der Waals surface area contributed by atoms with Crippen LogP contribution in [0.5, 0.6) is 11.5 Å². The first kappa shape index (κ1) is 22.0. The van der Waals surface area contributed by atoms with Crippen molar-refractivity contribution in [2.45, 2.75) is 27.2 Å². The normalized spacial score (nSPS) is 13.1. The van der Waals surface area contributed by atoms with E-state index in [2.05, 4.69) is 20.6 Å². The molecule has 3 heterocycles. The summed E-state index contributed by atoms with van der Waals surface area (Å²) in [6, 6.07) is 5.28. The van der Waals surface area contributed by atoms with Crippen molar-refractivity contribution >= 4 is 29.6 Å². The number of hydrogen-bond acceptors (Lipinski definition) is 7. The number of urea groups is 2. The van der Waals surface area contributed by atoms with Crippen LogP contribution in [0.4, 0.5) is 21.2 Å². The number of aromatic nitrogens is 2. The zero-order chi connectivity index (χ0) is 22.6. The highest BCUT2D eigenvalue weighted by Crippen LogP contribution is 2.24. The van der Waals surface area contributed by atoms with Gasteiger partial charge in [0.15, 0.2) is 5.82 Å². The van der Waals surface area contributed by atoms with Crippen LogP contribution >= 0.6 is 0 Å². The molecule has 1 aliphatic heterocycles. The van der Waals surface area contributed by atoms with Gasteiger partial charge in [-0.25, -0.2) is 30.4 Å². The molecule has 0 saturated carbocycles. The number of hydrazine groups is 1. The fourth-order valence-electron chi connectivity index (χ4n) is 2.44. The lowest BCUT2D eigenvalue weighted by Gasteiger charge is -2.33. The summed E-state index contributed by atoms with van der Waals surface area (Å²) in [4.78, 5) is 45.8. The van der Waals surface area contributed by atoms with Crippen LogP contribution in [0.3, 0.4) is 0 Å². The molecule has 11 nitrogen and oxygen atoms in total. The van der Waals surface area contributed by atoms with E-state index in [0.717, 1.165) is 11.4 Å². The van der Waals surface area contributed by atoms with Crippen molar-refractivity contribution in [3.8, 4) is 11.5 Å². The van der Waals surface area contributed by atoms with Crippen molar-refractivity contribution in [2.24, 2.45) is 11.3 Å². The summed E-state index contributed by atoms with van der Waals surface area (Å²) >= 11 is 0. The van der Waals surface area contributed by atoms with Crippen molar-refractivity contribution in [1.29, 1.82) is 0 Å². The van der Waals surface area contributed by atoms with E-state index in [1.54, 1.807) is 37.8 Å². The molecule has 1 aliphatic rings. The van der Waals surface area contributed by atoms with Crippen molar-refractivity contribution < 1.29 is 19.1 Å². The van der Waals surface area contributed by atoms with Crippen LogP contribution in [-0.4, -0.2) is 45.9 Å². The van der Waals surface area contributed by atoms with Crippen LogP contribution < -0.4 is 26.2 Å². The Kier molecular flexibility index (Phi) is 6.35. The van der Waals surface area contributed by atoms with E-state index >= 15 is 0 Å². The lowest BCUT2D eigenvalue weighted by molar-refractivity contribution is -0.127. The number of carbonyl (C=O) groups is 3. The molecule has 2 aromatic rings. The lowest BCUT2D eigenvalue weighted by atomic mass is 9.96. The third-order valence-corrected chi connectivity index (χ3v) is 4.42. The molecule has 0 bridgehead atoms. The second-order valence-electron chi connectivity index (χ2n) is 7.98. The van der Waals surface area contributed by atoms with E-state index in [4.69, 9.17) is 10.6 Å². The number of hydrogen-bond donors (Lipinski definition) is 3. The topological polar surface area (TPSA) is 143 Å². The molecule has 164 valence electrons. The van der Waals surface area contributed by atoms with Gasteiger partial charge in [-0.3, -0.25) is 15.4 Å². The Bertz CT molecular complexity index is 968. The Balaban J connectivity index is 1.59. The molecular weight excluding hydrogens is 402 g/mol. The molecule has 0 aromatic carbocycles. The average Bonchev–Trinajstić information content (AvgIpc) is 2.67. The van der Waals surface area contributed by atoms with Gasteiger partial charge in [0, 0.05) is 30.8 Å². The highest BCUT2D eigenvalue weighted by atomic mass is 16.5. The highest BCUT2D eigenvalue weighted by Gasteiger charge is 2.26. The van der Waals surface area contributed by atoms with E-state index in [1.165, 1.54) is 24.5 Å². The monoisotopic (exact) mass is 427 g/mol. The van der Waals surface area contributed by atoms with Crippen LogP contribution in [0.2, 0.25) is 0 Å². The maximum absolute atomic E-state index is 12.2. The van der Waals surface area contributed by atoms with E-state index in [-0.39, 0.29) is 17.7 Å². The molecular formula is C20H25N7O4. The summed E-state index contributed by atoms with van der Waals surface area (Å²) in [6.07, 6.45) is 3.85. The van der Waals surface area contributed by atoms with E-state index in [1.807, 2.05) is 0 Å². The minimum absolute atomic E-state index is 0.246. The second kappa shape index (κ2) is 8.96. The molecule has 3 rings (SSSR count). The van der Waals surface area contributed by atoms with Gasteiger partial charge in [0.05, 0.1) is 6.20 Å². The number of ether oxygens (including phenoxy) is 1. The Morgan fingerprint density at radius 2 is 1.87 bits per heavy atom. The lowest BCUT2D eigenvalue weighted by Crippen LogP contribution is -2.52. The SMILES string of the molecule is CC(C)(C)C(=O)NC(=O)Nc1ccc(Oc2ccnc(N(N)C(=O)N3CCC3)c2)cn1. The number of rotatable bonds is 4. The standard InChI is InChI=1S/C20H25N7O4/c1-20(2,3)17(28)25-18(29)24-15-6-5-14(12-23-15)31-13-7-8-22-16(11-13)27(21)19(30)26-9-4-10-26/h5-8,11-12H,4,9-10,21H2,1-3H3,(H2,23,24,25,28,29). The minimum Gasteiger partial charge on any atom is -0.456 e. The largest absolute Gasteiger partial charge is 0.456 e. The molecule has 31 heavy (non-hydrogen) atoms. The molecule has 0 atom stereocenters. The smallest absolute Gasteiger partial charge is 0.340 e. The van der Waals surface area contributed by atoms with Gasteiger partial charge in [-0.2, -0.15) is 0 Å². The zero-order valence-corrected chi connectivity index (χ0v) is 17.6. The van der Waals surface area contributed by atoms with Crippen LogP contribution in [0.25, 0.3) is 0 Å². The number of amides is 5. The summed E-state index contributed by atoms with van der Waals surface area (Å²) in [7, 11) is 0. The maximum Gasteiger partial charge on any atom is 0.340 e. The number of anilines is 2. The summed E-state index contributed by atoms with van der Waals surface area (Å²) in [5, 5.41) is 5.71. The first-order valence-electron chi connectivity index (χ1n) is 9.69. The molecule has 1 saturated heterocycles. The van der Waals surface area contributed by atoms with Crippen LogP contribution in [0.1, 0.15) is 27.2 Å². The Morgan fingerprint density at radius 1 is 1.13 bits per heavy atom. The quantitative estimate of drug-likeness (QED) is 0.386. The van der Waals surface area contributed by atoms with Gasteiger partial charge in [0.1, 0.15) is 17.3 Å². The van der Waals surface area contributed by atoms with Crippen molar-refractivity contribution in [2.75, 3.05) is 23.4 Å². The number of imide groups is 1. The van der Waals surface area contributed by atoms with Crippen LogP contribution in [-0.2, 0) is 4.79 Å². The molecule has 0 unspecified atom stereocenters. The predicted octanol–water partition coefficient (Wildman–Crippen LogP) is 2.47. The van der Waals surface area contributed by atoms with Gasteiger partial charge in [0.25, 0.3) is 0 Å². The van der Waals surface area contributed by atoms with Gasteiger partial charge in [-0.05, 0) is 24.6 Å². The second-order valence-corrected chi connectivity index (χ2v) is 7.98. The molecule has 1 fully saturated rings. The molecule has 11 heteroatoms. The van der Waals surface area contributed by atoms with E-state index in [0.29, 0.717) is 24.6 Å². The van der Waals surface area contributed by atoms with Gasteiger partial charge in [-0.1, -0.05) is 20.8 Å². The van der Waals surface area contributed by atoms with Crippen molar-refractivity contribution in [3.05, 3.63) is 36.7 Å². The zero-order valence-electron chi connectivity index (χ0n) is 17.6. The molecule has 0 aliphatic carbocycles. The number of pyridine rings is 2. The predicted molar refractivity (Wildman–Crippen MR) is 113 cm³/mol. The van der Waals surface area contributed by atoms with Gasteiger partial charge in [-0.15, -0.1) is 0 Å². The molecule has 0 radical (unpaired) electrons. The average molecular weight is 427 g/mol. The number of nitrogens with zero attached hydrogens (tertiary/aromatic N) is 4. The Morgan fingerprint density at radius 3 is 2.45 bits per heavy atom. The number of nitrogens with one attached hydrogen (secondary N) is 2. The first-order chi connectivity index (χ1) is 14.6. The first-order valence-corrected chi connectivity index (χ1v) is 9.69. The fraction of sp³-hybridized carbons (Fsp3) is 0.350. The van der Waals surface area contributed by atoms with Crippen molar-refractivity contribution in [3.63, 3.8) is 0 Å². The van der Waals surface area contributed by atoms with Gasteiger partial charge >= 0.3 is 12.1 Å². The minimum atomic E-state index is -0.690. The van der Waals surface area contributed by atoms with E-state index < -0.39 is 17.4 Å². The summed E-state index contributed by atoms with van der Waals surface area (Å²) < 4.78 is 5.73. The highest BCUT2D eigenvalue weighted by molar-refractivity contribution is 6.02. The third kappa shape index (κ3) is 5.66. The van der Waals surface area contributed by atoms with Crippen LogP contribution in [0.15, 0.2) is 36.7 Å². The van der Waals surface area contributed by atoms with E-state index in [9.17, 15) is 14.4 Å². The number of carbonyl (C=O) groups excluding carboxylic acids is 3. The molecule has 5 amide bonds. The summed E-state index contributed by atoms with van der Waals surface area (Å²) in [6.45, 7) is 6.47. The maximum atomic E-state index is 12.2. The third-order valence-electron chi connectivity index (χ3n) is 4.42. The Hall–Kier alpha value is -3.73. The number of likely N-dealkylation sites (tertiary alicyclic amines) is 1. The van der Waals surface area contributed by atoms with Crippen LogP contribution in [0, 0.1) is 5.41 Å². The molecule has 2 aromatic heterocycles. The summed E-state index contributed by atoms with van der Waals surface area (Å²) in [5.74, 6) is 6.78. The molecule has 0 spiro atoms. The molecule has 4 N–H and O–H groups in total. The number of nitrogens with two attached hydrogens (primary N) is 1. The van der Waals surface area contributed by atoms with Gasteiger partial charge < -0.3 is 9.64 Å². The summed E-state index contributed by atoms with van der Waals surface area (Å²) in [5.41, 5.74) is -0.690.